The highest BCUT2D eigenvalue weighted by atomic mass is 16.6. The molecule has 0 aromatic heterocycles. The van der Waals surface area contributed by atoms with Gasteiger partial charge in [-0.3, -0.25) is 10.1 Å². The lowest BCUT2D eigenvalue weighted by atomic mass is 9.81. The fourth-order valence-corrected chi connectivity index (χ4v) is 3.80. The summed E-state index contributed by atoms with van der Waals surface area (Å²) >= 11 is 0. The first-order valence-corrected chi connectivity index (χ1v) is 9.49. The number of nitro groups is 1. The molecule has 0 N–H and O–H groups in total. The number of allylic oxidation sites excluding steroid dienone is 1. The average Bonchev–Trinajstić information content (AvgIpc) is 2.79. The Labute approximate surface area is 162 Å². The maximum Gasteiger partial charge on any atom is 0.270 e. The number of hydrogen-bond acceptors (Lipinski definition) is 4. The summed E-state index contributed by atoms with van der Waals surface area (Å²) in [5.74, 6) is 0. The lowest BCUT2D eigenvalue weighted by molar-refractivity contribution is -0.441. The number of methoxy groups -OCH3 is 1. The fraction of sp³-hybridized carbons (Fsp3) is 0.571. The largest absolute Gasteiger partial charge is 0.378 e. The number of fused-ring (bicyclic) bond motifs is 1. The molecule has 1 aliphatic rings. The van der Waals surface area contributed by atoms with Crippen molar-refractivity contribution in [2.24, 2.45) is 0 Å². The molecule has 0 unspecified atom stereocenters. The Balaban J connectivity index is 2.55. The Morgan fingerprint density at radius 1 is 1.26 bits per heavy atom. The number of rotatable bonds is 8. The van der Waals surface area contributed by atoms with E-state index in [9.17, 15) is 10.1 Å². The Morgan fingerprint density at radius 3 is 2.41 bits per heavy atom. The van der Waals surface area contributed by atoms with Crippen LogP contribution in [0.2, 0.25) is 0 Å². The van der Waals surface area contributed by atoms with Crippen molar-refractivity contribution in [2.75, 3.05) is 20.3 Å². The van der Waals surface area contributed by atoms with Gasteiger partial charge in [-0.1, -0.05) is 0 Å². The molecule has 0 aliphatic carbocycles. The minimum atomic E-state index is -0.330. The molecule has 1 heterocycles. The number of hydrogen-bond donors (Lipinski definition) is 0. The van der Waals surface area contributed by atoms with Crippen molar-refractivity contribution < 1.29 is 14.2 Å². The molecule has 1 aromatic carbocycles. The van der Waals surface area contributed by atoms with Crippen molar-refractivity contribution in [3.8, 4) is 0 Å². The van der Waals surface area contributed by atoms with Crippen molar-refractivity contribution in [1.82, 2.24) is 4.90 Å². The maximum atomic E-state index is 11.3. The van der Waals surface area contributed by atoms with Gasteiger partial charge in [-0.05, 0) is 41.5 Å². The van der Waals surface area contributed by atoms with Gasteiger partial charge in [0.1, 0.15) is 6.61 Å². The van der Waals surface area contributed by atoms with Crippen LogP contribution in [-0.2, 0) is 10.2 Å². The van der Waals surface area contributed by atoms with Gasteiger partial charge in [0, 0.05) is 55.2 Å². The number of nitrogens with zero attached hydrogens (tertiary/aromatic N) is 3. The highest BCUT2D eigenvalue weighted by molar-refractivity contribution is 6.03. The van der Waals surface area contributed by atoms with Gasteiger partial charge in [0.05, 0.1) is 10.3 Å². The minimum absolute atomic E-state index is 0.129. The second-order valence-corrected chi connectivity index (χ2v) is 8.06. The lowest BCUT2D eigenvalue weighted by Gasteiger charge is -2.29. The molecule has 0 fully saturated rings. The Bertz CT molecular complexity index is 756. The lowest BCUT2D eigenvalue weighted by Crippen LogP contribution is -2.34. The van der Waals surface area contributed by atoms with Gasteiger partial charge in [0.15, 0.2) is 12.3 Å². The van der Waals surface area contributed by atoms with E-state index in [1.807, 2.05) is 6.07 Å². The summed E-state index contributed by atoms with van der Waals surface area (Å²) in [6.07, 6.45) is 4.30. The zero-order chi connectivity index (χ0) is 20.4. The van der Waals surface area contributed by atoms with Crippen LogP contribution in [0.5, 0.6) is 0 Å². The normalized spacial score (nSPS) is 15.9. The summed E-state index contributed by atoms with van der Waals surface area (Å²) in [7, 11) is 1.69. The van der Waals surface area contributed by atoms with E-state index in [2.05, 4.69) is 63.3 Å². The van der Waals surface area contributed by atoms with E-state index in [0.29, 0.717) is 25.2 Å². The van der Waals surface area contributed by atoms with Crippen LogP contribution >= 0.6 is 0 Å². The molecule has 6 nitrogen and oxygen atoms in total. The Kier molecular flexibility index (Phi) is 6.42. The van der Waals surface area contributed by atoms with Crippen LogP contribution in [0.4, 0.5) is 11.4 Å². The van der Waals surface area contributed by atoms with E-state index >= 15 is 0 Å². The highest BCUT2D eigenvalue weighted by Gasteiger charge is 2.45. The molecule has 148 valence electrons. The monoisotopic (exact) mass is 374 g/mol. The summed E-state index contributed by atoms with van der Waals surface area (Å²) in [6.45, 7) is 14.2. The van der Waals surface area contributed by atoms with Gasteiger partial charge >= 0.3 is 0 Å². The first-order valence-electron chi connectivity index (χ1n) is 9.49. The van der Waals surface area contributed by atoms with Crippen molar-refractivity contribution in [3.05, 3.63) is 46.2 Å². The topological polar surface area (TPSA) is 58.6 Å². The van der Waals surface area contributed by atoms with Crippen LogP contribution in [-0.4, -0.2) is 52.5 Å². The van der Waals surface area contributed by atoms with E-state index in [1.165, 1.54) is 0 Å². The van der Waals surface area contributed by atoms with E-state index in [-0.39, 0.29) is 16.0 Å². The third kappa shape index (κ3) is 4.21. The molecule has 2 rings (SSSR count). The van der Waals surface area contributed by atoms with Crippen LogP contribution in [0, 0.1) is 10.1 Å². The van der Waals surface area contributed by atoms with Gasteiger partial charge in [-0.15, -0.1) is 0 Å². The zero-order valence-corrected chi connectivity index (χ0v) is 17.5. The average molecular weight is 375 g/mol. The predicted octanol–water partition coefficient (Wildman–Crippen LogP) is 4.25. The molecule has 0 saturated heterocycles. The van der Waals surface area contributed by atoms with Crippen molar-refractivity contribution >= 4 is 17.1 Å². The summed E-state index contributed by atoms with van der Waals surface area (Å²) in [5.41, 5.74) is 2.92. The van der Waals surface area contributed by atoms with Crippen LogP contribution < -0.4 is 0 Å². The molecule has 0 bridgehead atoms. The first kappa shape index (κ1) is 21.1. The summed E-state index contributed by atoms with van der Waals surface area (Å²) in [5, 5.41) is 11.3. The number of ether oxygens (including phenoxy) is 1. The molecule has 1 aliphatic heterocycles. The third-order valence-electron chi connectivity index (χ3n) is 5.20. The summed E-state index contributed by atoms with van der Waals surface area (Å²) in [6, 6.07) is 5.92. The van der Waals surface area contributed by atoms with Gasteiger partial charge in [-0.2, -0.15) is 4.58 Å². The van der Waals surface area contributed by atoms with Crippen molar-refractivity contribution in [1.29, 1.82) is 0 Å². The van der Waals surface area contributed by atoms with Gasteiger partial charge in [0.25, 0.3) is 5.69 Å². The van der Waals surface area contributed by atoms with E-state index in [0.717, 1.165) is 17.0 Å². The molecule has 1 aromatic rings. The van der Waals surface area contributed by atoms with Crippen molar-refractivity contribution in [2.45, 2.75) is 59.0 Å². The molecular formula is C21H32N3O3+. The SMILES string of the molecule is COCC[N+]1=C(/C=C/N(C(C)C)C(C)C)C(C)(C)c2cc([N+](=O)[O-])ccc21. The van der Waals surface area contributed by atoms with Crippen molar-refractivity contribution in [3.63, 3.8) is 0 Å². The second-order valence-electron chi connectivity index (χ2n) is 8.06. The summed E-state index contributed by atoms with van der Waals surface area (Å²) < 4.78 is 7.52. The van der Waals surface area contributed by atoms with Crippen LogP contribution in [0.25, 0.3) is 0 Å². The molecular weight excluding hydrogens is 342 g/mol. The molecule has 0 saturated carbocycles. The van der Waals surface area contributed by atoms with Crippen LogP contribution in [0.3, 0.4) is 0 Å². The molecule has 0 amide bonds. The quantitative estimate of drug-likeness (QED) is 0.388. The third-order valence-corrected chi connectivity index (χ3v) is 5.20. The molecule has 0 spiro atoms. The first-order chi connectivity index (χ1) is 12.6. The smallest absolute Gasteiger partial charge is 0.270 e. The predicted molar refractivity (Wildman–Crippen MR) is 109 cm³/mol. The standard InChI is InChI=1S/C21H32N3O3/c1-15(2)22(16(3)4)11-10-20-21(5,6)18-14-17(24(25)26)8-9-19(18)23(20)12-13-27-7/h8-11,14-16H,12-13H2,1-7H3/q+1. The Hall–Kier alpha value is -2.21. The summed E-state index contributed by atoms with van der Waals surface area (Å²) in [4.78, 5) is 13.2. The molecule has 0 radical (unpaired) electrons. The van der Waals surface area contributed by atoms with Crippen LogP contribution in [0.15, 0.2) is 30.5 Å². The highest BCUT2D eigenvalue weighted by Crippen LogP contribution is 2.41. The zero-order valence-electron chi connectivity index (χ0n) is 17.5. The van der Waals surface area contributed by atoms with E-state index < -0.39 is 0 Å². The van der Waals surface area contributed by atoms with Gasteiger partial charge in [-0.25, -0.2) is 0 Å². The number of nitro benzene ring substituents is 1. The fourth-order valence-electron chi connectivity index (χ4n) is 3.80. The second kappa shape index (κ2) is 8.21. The number of benzene rings is 1. The van der Waals surface area contributed by atoms with Gasteiger partial charge in [0.2, 0.25) is 5.69 Å². The maximum absolute atomic E-state index is 11.3. The van der Waals surface area contributed by atoms with Gasteiger partial charge < -0.3 is 9.64 Å². The van der Waals surface area contributed by atoms with E-state index in [1.54, 1.807) is 19.2 Å². The van der Waals surface area contributed by atoms with E-state index in [4.69, 9.17) is 4.74 Å². The Morgan fingerprint density at radius 2 is 1.89 bits per heavy atom. The molecule has 6 heteroatoms. The van der Waals surface area contributed by atoms with Crippen LogP contribution in [0.1, 0.15) is 47.1 Å². The minimum Gasteiger partial charge on any atom is -0.378 e. The number of non-ortho nitro benzene ring substituents is 1. The molecule has 27 heavy (non-hydrogen) atoms. The molecule has 0 atom stereocenters.